The van der Waals surface area contributed by atoms with Crippen molar-refractivity contribution in [3.05, 3.63) is 65.7 Å². The lowest BCUT2D eigenvalue weighted by atomic mass is 9.81. The van der Waals surface area contributed by atoms with Gasteiger partial charge in [-0.2, -0.15) is 0 Å². The molecule has 2 amide bonds. The molecule has 0 spiro atoms. The van der Waals surface area contributed by atoms with E-state index in [0.717, 1.165) is 37.8 Å². The van der Waals surface area contributed by atoms with E-state index in [2.05, 4.69) is 15.5 Å². The van der Waals surface area contributed by atoms with Crippen molar-refractivity contribution in [3.63, 3.8) is 0 Å². The summed E-state index contributed by atoms with van der Waals surface area (Å²) in [6, 6.07) is 13.2. The third-order valence-electron chi connectivity index (χ3n) is 5.84. The number of rotatable bonds is 4. The molecule has 0 aromatic heterocycles. The third-order valence-corrected chi connectivity index (χ3v) is 5.84. The summed E-state index contributed by atoms with van der Waals surface area (Å²) in [5, 5.41) is 5.86. The smallest absolute Gasteiger partial charge is 0.319 e. The molecule has 4 nitrogen and oxygen atoms in total. The predicted octanol–water partition coefficient (Wildman–Crippen LogP) is 4.67. The zero-order valence-electron chi connectivity index (χ0n) is 15.7. The molecule has 0 unspecified atom stereocenters. The fourth-order valence-electron chi connectivity index (χ4n) is 4.54. The van der Waals surface area contributed by atoms with Crippen LogP contribution in [0.5, 0.6) is 0 Å². The number of carbonyl (C=O) groups excluding carboxylic acids is 1. The van der Waals surface area contributed by atoms with Gasteiger partial charge in [0.1, 0.15) is 11.6 Å². The van der Waals surface area contributed by atoms with Gasteiger partial charge in [0.05, 0.1) is 0 Å². The molecule has 2 aromatic carbocycles. The number of amides is 2. The van der Waals surface area contributed by atoms with Crippen LogP contribution >= 0.6 is 0 Å². The highest BCUT2D eigenvalue weighted by Crippen LogP contribution is 2.35. The maximum Gasteiger partial charge on any atom is 0.319 e. The molecule has 2 heterocycles. The molecule has 6 heteroatoms. The van der Waals surface area contributed by atoms with Crippen LogP contribution < -0.4 is 10.6 Å². The molecule has 2 saturated heterocycles. The minimum absolute atomic E-state index is 0.125. The van der Waals surface area contributed by atoms with Gasteiger partial charge in [-0.05, 0) is 67.6 Å². The molecule has 0 aliphatic carbocycles. The van der Waals surface area contributed by atoms with Crippen molar-refractivity contribution in [1.29, 1.82) is 0 Å². The standard InChI is InChI=1S/C22H25F2N3O/c23-16-6-4-15(5-7-16)14-27-20-2-1-3-21(27)13-19(12-20)26-22(28)25-18-10-8-17(24)9-11-18/h4-11,19-21H,1-3,12-14H2,(H2,25,26,28)/t20-,21-/m1/s1. The Kier molecular flexibility index (Phi) is 5.57. The first-order valence-corrected chi connectivity index (χ1v) is 9.90. The van der Waals surface area contributed by atoms with Crippen LogP contribution in [0.2, 0.25) is 0 Å². The van der Waals surface area contributed by atoms with Crippen molar-refractivity contribution < 1.29 is 13.6 Å². The molecule has 2 aromatic rings. The molecule has 2 N–H and O–H groups in total. The second kappa shape index (κ2) is 8.27. The highest BCUT2D eigenvalue weighted by Gasteiger charge is 2.38. The van der Waals surface area contributed by atoms with Gasteiger partial charge in [-0.1, -0.05) is 18.6 Å². The molecule has 2 atom stereocenters. The highest BCUT2D eigenvalue weighted by molar-refractivity contribution is 5.89. The number of benzene rings is 2. The lowest BCUT2D eigenvalue weighted by Gasteiger charge is -2.49. The molecule has 2 bridgehead atoms. The lowest BCUT2D eigenvalue weighted by Crippen LogP contribution is -2.56. The highest BCUT2D eigenvalue weighted by atomic mass is 19.1. The van der Waals surface area contributed by atoms with Crippen LogP contribution in [-0.2, 0) is 6.54 Å². The Morgan fingerprint density at radius 2 is 1.50 bits per heavy atom. The monoisotopic (exact) mass is 385 g/mol. The Balaban J connectivity index is 1.35. The number of anilines is 1. The second-order valence-electron chi connectivity index (χ2n) is 7.81. The zero-order valence-corrected chi connectivity index (χ0v) is 15.7. The van der Waals surface area contributed by atoms with E-state index in [1.165, 1.54) is 30.7 Å². The summed E-state index contributed by atoms with van der Waals surface area (Å²) >= 11 is 0. The van der Waals surface area contributed by atoms with Crippen LogP contribution in [0.1, 0.15) is 37.7 Å². The average Bonchev–Trinajstić information content (AvgIpc) is 2.66. The van der Waals surface area contributed by atoms with Crippen molar-refractivity contribution in [1.82, 2.24) is 10.2 Å². The van der Waals surface area contributed by atoms with E-state index in [1.54, 1.807) is 12.1 Å². The minimum atomic E-state index is -0.327. The summed E-state index contributed by atoms with van der Waals surface area (Å²) in [5.74, 6) is -0.536. The van der Waals surface area contributed by atoms with Gasteiger partial charge >= 0.3 is 6.03 Å². The summed E-state index contributed by atoms with van der Waals surface area (Å²) < 4.78 is 26.2. The molecule has 2 fully saturated rings. The largest absolute Gasteiger partial charge is 0.335 e. The first-order valence-electron chi connectivity index (χ1n) is 9.90. The predicted molar refractivity (Wildman–Crippen MR) is 105 cm³/mol. The van der Waals surface area contributed by atoms with Gasteiger partial charge in [0.25, 0.3) is 0 Å². The van der Waals surface area contributed by atoms with Crippen LogP contribution in [0.25, 0.3) is 0 Å². The molecule has 4 rings (SSSR count). The summed E-state index contributed by atoms with van der Waals surface area (Å²) in [7, 11) is 0. The Hall–Kier alpha value is -2.47. The fraction of sp³-hybridized carbons (Fsp3) is 0.409. The van der Waals surface area contributed by atoms with Gasteiger partial charge in [-0.3, -0.25) is 4.90 Å². The van der Waals surface area contributed by atoms with Gasteiger partial charge in [-0.15, -0.1) is 0 Å². The quantitative estimate of drug-likeness (QED) is 0.803. The van der Waals surface area contributed by atoms with Crippen molar-refractivity contribution in [3.8, 4) is 0 Å². The number of hydrogen-bond acceptors (Lipinski definition) is 2. The maximum absolute atomic E-state index is 13.2. The average molecular weight is 385 g/mol. The number of fused-ring (bicyclic) bond motifs is 2. The van der Waals surface area contributed by atoms with Crippen molar-refractivity contribution in [2.75, 3.05) is 5.32 Å². The lowest BCUT2D eigenvalue weighted by molar-refractivity contribution is 0.0200. The SMILES string of the molecule is O=C(Nc1ccc(F)cc1)NC1C[C@H]2CCC[C@H](C1)N2Cc1ccc(F)cc1. The summed E-state index contributed by atoms with van der Waals surface area (Å²) in [5.41, 5.74) is 1.70. The van der Waals surface area contributed by atoms with Crippen molar-refractivity contribution in [2.45, 2.75) is 56.8 Å². The normalized spacial score (nSPS) is 24.6. The number of carbonyl (C=O) groups is 1. The molecule has 148 valence electrons. The number of halogens is 2. The molecular formula is C22H25F2N3O. The van der Waals surface area contributed by atoms with E-state index in [9.17, 15) is 13.6 Å². The van der Waals surface area contributed by atoms with E-state index >= 15 is 0 Å². The summed E-state index contributed by atoms with van der Waals surface area (Å²) in [6.45, 7) is 0.824. The minimum Gasteiger partial charge on any atom is -0.335 e. The number of hydrogen-bond donors (Lipinski definition) is 2. The number of piperidine rings is 2. The summed E-state index contributed by atoms with van der Waals surface area (Å²) in [6.07, 6.45) is 5.28. The molecular weight excluding hydrogens is 360 g/mol. The van der Waals surface area contributed by atoms with Gasteiger partial charge in [0.15, 0.2) is 0 Å². The maximum atomic E-state index is 13.2. The zero-order chi connectivity index (χ0) is 19.5. The Morgan fingerprint density at radius 1 is 0.929 bits per heavy atom. The second-order valence-corrected chi connectivity index (χ2v) is 7.81. The molecule has 0 saturated carbocycles. The third kappa shape index (κ3) is 4.50. The number of nitrogens with one attached hydrogen (secondary N) is 2. The van der Waals surface area contributed by atoms with Gasteiger partial charge < -0.3 is 10.6 Å². The Labute approximate surface area is 163 Å². The number of urea groups is 1. The molecule has 2 aliphatic rings. The Morgan fingerprint density at radius 3 is 2.11 bits per heavy atom. The van der Waals surface area contributed by atoms with Crippen LogP contribution in [0.15, 0.2) is 48.5 Å². The summed E-state index contributed by atoms with van der Waals surface area (Å²) in [4.78, 5) is 14.8. The van der Waals surface area contributed by atoms with Crippen LogP contribution in [0.4, 0.5) is 19.3 Å². The van der Waals surface area contributed by atoms with E-state index in [1.807, 2.05) is 12.1 Å². The topological polar surface area (TPSA) is 44.4 Å². The van der Waals surface area contributed by atoms with E-state index in [0.29, 0.717) is 17.8 Å². The first kappa shape index (κ1) is 18.9. The van der Waals surface area contributed by atoms with Crippen LogP contribution in [0.3, 0.4) is 0 Å². The number of nitrogens with zero attached hydrogens (tertiary/aromatic N) is 1. The van der Waals surface area contributed by atoms with Gasteiger partial charge in [-0.25, -0.2) is 13.6 Å². The van der Waals surface area contributed by atoms with Crippen LogP contribution in [0, 0.1) is 11.6 Å². The van der Waals surface area contributed by atoms with E-state index in [-0.39, 0.29) is 23.7 Å². The molecule has 2 aliphatic heterocycles. The molecule has 28 heavy (non-hydrogen) atoms. The van der Waals surface area contributed by atoms with E-state index < -0.39 is 0 Å². The van der Waals surface area contributed by atoms with Gasteiger partial charge in [0, 0.05) is 30.4 Å². The van der Waals surface area contributed by atoms with Crippen molar-refractivity contribution >= 4 is 11.7 Å². The Bertz CT molecular complexity index is 796. The fourth-order valence-corrected chi connectivity index (χ4v) is 4.54. The van der Waals surface area contributed by atoms with Gasteiger partial charge in [0.2, 0.25) is 0 Å². The van der Waals surface area contributed by atoms with E-state index in [4.69, 9.17) is 0 Å². The molecule has 0 radical (unpaired) electrons. The van der Waals surface area contributed by atoms with Crippen LogP contribution in [-0.4, -0.2) is 29.1 Å². The van der Waals surface area contributed by atoms with Crippen molar-refractivity contribution in [2.24, 2.45) is 0 Å². The first-order chi connectivity index (χ1) is 13.6.